The molecule has 1 unspecified atom stereocenters. The highest BCUT2D eigenvalue weighted by Crippen LogP contribution is 2.37. The maximum atomic E-state index is 13.6. The van der Waals surface area contributed by atoms with Gasteiger partial charge in [0.1, 0.15) is 17.2 Å². The van der Waals surface area contributed by atoms with E-state index in [1.807, 2.05) is 38.1 Å². The first-order valence-electron chi connectivity index (χ1n) is 19.7. The largest absolute Gasteiger partial charge is 0.490 e. The van der Waals surface area contributed by atoms with Crippen molar-refractivity contribution in [3.8, 4) is 11.5 Å². The van der Waals surface area contributed by atoms with Crippen molar-refractivity contribution >= 4 is 34.3 Å². The molecule has 1 atom stereocenters. The van der Waals surface area contributed by atoms with Crippen molar-refractivity contribution in [3.05, 3.63) is 82.4 Å². The van der Waals surface area contributed by atoms with Crippen LogP contribution in [0.1, 0.15) is 112 Å². The number of fused-ring (bicyclic) bond motifs is 1. The van der Waals surface area contributed by atoms with E-state index < -0.39 is 6.10 Å². The number of nitrogens with zero attached hydrogens (tertiary/aromatic N) is 4. The normalized spacial score (nSPS) is 22.7. The lowest BCUT2D eigenvalue weighted by atomic mass is 9.84. The van der Waals surface area contributed by atoms with Gasteiger partial charge >= 0.3 is 0 Å². The molecule has 4 fully saturated rings. The smallest absolute Gasteiger partial charge is 0.274 e. The van der Waals surface area contributed by atoms with E-state index in [9.17, 15) is 19.2 Å². The number of aromatic nitrogens is 3. The van der Waals surface area contributed by atoms with Gasteiger partial charge in [0.25, 0.3) is 17.4 Å². The SMILES string of the molecule is CC(C)Oc1cc2nn(C3CCC(CN4CCC(c5ccc(OC6CCC(=O)NC6=O)cc5)CC4)CC3)cc2cc1C(=O)Nc1cccn(C2CC2)c1=O. The molecule has 4 aromatic rings. The number of carbonyl (C=O) groups excluding carboxylic acids is 3. The third-order valence-corrected chi connectivity index (χ3v) is 11.5. The van der Waals surface area contributed by atoms with E-state index in [2.05, 4.69) is 38.5 Å². The molecule has 2 saturated heterocycles. The number of amides is 3. The average molecular weight is 735 g/mol. The minimum Gasteiger partial charge on any atom is -0.490 e. The van der Waals surface area contributed by atoms with Crippen molar-refractivity contribution in [1.29, 1.82) is 0 Å². The molecule has 54 heavy (non-hydrogen) atoms. The predicted molar refractivity (Wildman–Crippen MR) is 205 cm³/mol. The number of carbonyl (C=O) groups is 3. The molecule has 12 heteroatoms. The minimum absolute atomic E-state index is 0.138. The highest BCUT2D eigenvalue weighted by atomic mass is 16.5. The van der Waals surface area contributed by atoms with Crippen LogP contribution in [0.5, 0.6) is 11.5 Å². The summed E-state index contributed by atoms with van der Waals surface area (Å²) >= 11 is 0. The Kier molecular flexibility index (Phi) is 10.3. The molecule has 0 radical (unpaired) electrons. The monoisotopic (exact) mass is 734 g/mol. The lowest BCUT2D eigenvalue weighted by Crippen LogP contribution is -2.46. The van der Waals surface area contributed by atoms with Gasteiger partial charge in [0.2, 0.25) is 5.91 Å². The van der Waals surface area contributed by atoms with E-state index >= 15 is 0 Å². The standard InChI is InChI=1S/C42H50N6O6/c1-26(2)53-38-23-36-30(22-34(38)40(50)43-35-4-3-19-47(42(35)52)31-11-12-31)25-48(45-36)32-9-5-27(6-10-32)24-46-20-17-29(18-21-46)28-7-13-33(14-8-28)54-37-15-16-39(49)44-41(37)51/h3-4,7-8,13-14,19,22-23,25-27,29,31-32,37H,5-6,9-12,15-18,20-21,24H2,1-2H3,(H,43,50)(H,44,49,51). The molecule has 2 N–H and O–H groups in total. The molecular weight excluding hydrogens is 684 g/mol. The molecule has 284 valence electrons. The van der Waals surface area contributed by atoms with Crippen LogP contribution in [0.15, 0.2) is 65.7 Å². The molecule has 2 saturated carbocycles. The number of pyridine rings is 1. The average Bonchev–Trinajstić information content (AvgIpc) is 3.92. The second-order valence-electron chi connectivity index (χ2n) is 15.9. The van der Waals surface area contributed by atoms with E-state index in [1.54, 1.807) is 22.9 Å². The molecule has 3 amide bonds. The van der Waals surface area contributed by atoms with Crippen LogP contribution in [0.4, 0.5) is 5.69 Å². The lowest BCUT2D eigenvalue weighted by molar-refractivity contribution is -0.138. The Hall–Kier alpha value is -4.97. The Morgan fingerprint density at radius 3 is 2.37 bits per heavy atom. The maximum absolute atomic E-state index is 13.6. The lowest BCUT2D eigenvalue weighted by Gasteiger charge is -2.36. The van der Waals surface area contributed by atoms with Crippen molar-refractivity contribution in [2.24, 2.45) is 5.92 Å². The number of hydrogen-bond acceptors (Lipinski definition) is 8. The number of nitrogens with one attached hydrogen (secondary N) is 2. The number of imide groups is 1. The van der Waals surface area contributed by atoms with Crippen LogP contribution < -0.4 is 25.7 Å². The molecule has 4 heterocycles. The number of piperidine rings is 2. The van der Waals surface area contributed by atoms with Gasteiger partial charge in [-0.25, -0.2) is 0 Å². The number of benzene rings is 2. The Balaban J connectivity index is 0.842. The van der Waals surface area contributed by atoms with Crippen molar-refractivity contribution < 1.29 is 23.9 Å². The van der Waals surface area contributed by atoms with Crippen LogP contribution in [0.25, 0.3) is 10.9 Å². The van der Waals surface area contributed by atoms with Gasteiger partial charge in [0, 0.05) is 49.3 Å². The molecule has 4 aliphatic rings. The third-order valence-electron chi connectivity index (χ3n) is 11.5. The number of rotatable bonds is 11. The summed E-state index contributed by atoms with van der Waals surface area (Å²) in [5.41, 5.74) is 2.58. The van der Waals surface area contributed by atoms with E-state index in [0.29, 0.717) is 47.8 Å². The van der Waals surface area contributed by atoms with Gasteiger partial charge in [0.05, 0.1) is 23.2 Å². The van der Waals surface area contributed by atoms with Crippen molar-refractivity contribution in [3.63, 3.8) is 0 Å². The van der Waals surface area contributed by atoms with Gasteiger partial charge < -0.3 is 24.3 Å². The third kappa shape index (κ3) is 8.08. The molecular formula is C42H50N6O6. The van der Waals surface area contributed by atoms with Crippen LogP contribution >= 0.6 is 0 Å². The quantitative estimate of drug-likeness (QED) is 0.170. The number of anilines is 1. The highest BCUT2D eigenvalue weighted by molar-refractivity contribution is 6.08. The van der Waals surface area contributed by atoms with Crippen LogP contribution in [0, 0.1) is 5.92 Å². The second kappa shape index (κ2) is 15.4. The fourth-order valence-electron chi connectivity index (χ4n) is 8.40. The van der Waals surface area contributed by atoms with Crippen molar-refractivity contribution in [2.45, 2.75) is 108 Å². The van der Waals surface area contributed by atoms with Gasteiger partial charge in [-0.05, 0) is 126 Å². The Labute approximate surface area is 315 Å². The molecule has 12 nitrogen and oxygen atoms in total. The molecule has 0 bridgehead atoms. The Morgan fingerprint density at radius 1 is 0.926 bits per heavy atom. The van der Waals surface area contributed by atoms with Crippen molar-refractivity contribution in [2.75, 3.05) is 25.0 Å². The van der Waals surface area contributed by atoms with E-state index in [4.69, 9.17) is 14.6 Å². The number of likely N-dealkylation sites (tertiary alicyclic amines) is 1. The minimum atomic E-state index is -0.618. The fraction of sp³-hybridized carbons (Fsp3) is 0.500. The van der Waals surface area contributed by atoms with Gasteiger partial charge in [0.15, 0.2) is 6.10 Å². The van der Waals surface area contributed by atoms with Gasteiger partial charge in [-0.2, -0.15) is 5.10 Å². The topological polar surface area (TPSA) is 137 Å². The summed E-state index contributed by atoms with van der Waals surface area (Å²) in [6.07, 6.45) is 12.4. The highest BCUT2D eigenvalue weighted by Gasteiger charge is 2.30. The molecule has 2 aliphatic carbocycles. The first-order chi connectivity index (χ1) is 26.2. The summed E-state index contributed by atoms with van der Waals surface area (Å²) in [6.45, 7) is 7.16. The summed E-state index contributed by atoms with van der Waals surface area (Å²) in [4.78, 5) is 52.7. The molecule has 8 rings (SSSR count). The molecule has 2 aromatic carbocycles. The summed E-state index contributed by atoms with van der Waals surface area (Å²) in [7, 11) is 0. The first kappa shape index (κ1) is 36.0. The van der Waals surface area contributed by atoms with Gasteiger partial charge in [-0.1, -0.05) is 12.1 Å². The number of hydrogen-bond donors (Lipinski definition) is 2. The van der Waals surface area contributed by atoms with E-state index in [-0.39, 0.29) is 41.1 Å². The van der Waals surface area contributed by atoms with Crippen LogP contribution in [0.2, 0.25) is 0 Å². The zero-order valence-electron chi connectivity index (χ0n) is 31.2. The van der Waals surface area contributed by atoms with Gasteiger partial charge in [-0.3, -0.25) is 29.2 Å². The predicted octanol–water partition coefficient (Wildman–Crippen LogP) is 6.37. The van der Waals surface area contributed by atoms with Crippen molar-refractivity contribution in [1.82, 2.24) is 24.6 Å². The molecule has 0 spiro atoms. The van der Waals surface area contributed by atoms with E-state index in [0.717, 1.165) is 81.9 Å². The Bertz CT molecular complexity index is 2070. The zero-order valence-corrected chi connectivity index (χ0v) is 31.2. The summed E-state index contributed by atoms with van der Waals surface area (Å²) in [5, 5.41) is 11.0. The molecule has 2 aliphatic heterocycles. The summed E-state index contributed by atoms with van der Waals surface area (Å²) < 4.78 is 15.8. The fourth-order valence-corrected chi connectivity index (χ4v) is 8.40. The zero-order chi connectivity index (χ0) is 37.3. The number of ether oxygens (including phenoxy) is 2. The molecule has 2 aromatic heterocycles. The Morgan fingerprint density at radius 2 is 1.67 bits per heavy atom. The van der Waals surface area contributed by atoms with Crippen LogP contribution in [0.3, 0.4) is 0 Å². The van der Waals surface area contributed by atoms with E-state index in [1.165, 1.54) is 5.56 Å². The summed E-state index contributed by atoms with van der Waals surface area (Å²) in [5.74, 6) is 1.32. The van der Waals surface area contributed by atoms with Crippen LogP contribution in [-0.4, -0.2) is 68.8 Å². The van der Waals surface area contributed by atoms with Gasteiger partial charge in [-0.15, -0.1) is 0 Å². The van der Waals surface area contributed by atoms with Crippen LogP contribution in [-0.2, 0) is 9.59 Å². The second-order valence-corrected chi connectivity index (χ2v) is 15.9. The first-order valence-corrected chi connectivity index (χ1v) is 19.7. The maximum Gasteiger partial charge on any atom is 0.274 e. The summed E-state index contributed by atoms with van der Waals surface area (Å²) in [6, 6.07) is 15.8.